The third kappa shape index (κ3) is 1.13. The second-order valence-corrected chi connectivity index (χ2v) is 7.13. The first-order valence-electron chi connectivity index (χ1n) is 6.15. The molecule has 4 rings (SSSR count). The van der Waals surface area contributed by atoms with Crippen LogP contribution in [0, 0.1) is 22.7 Å². The molecule has 0 amide bonds. The monoisotopic (exact) mass is 211 g/mol. The van der Waals surface area contributed by atoms with Crippen molar-refractivity contribution >= 4 is 0 Å². The van der Waals surface area contributed by atoms with Crippen LogP contribution in [0.5, 0.6) is 0 Å². The Labute approximate surface area is 92.9 Å². The highest BCUT2D eigenvalue weighted by molar-refractivity contribution is 5.18. The summed E-state index contributed by atoms with van der Waals surface area (Å²) < 4.78 is 0. The molecule has 2 nitrogen and oxygen atoms in total. The van der Waals surface area contributed by atoms with E-state index >= 15 is 0 Å². The Morgan fingerprint density at radius 3 is 1.80 bits per heavy atom. The summed E-state index contributed by atoms with van der Waals surface area (Å²) in [5.74, 6) is 1.90. The van der Waals surface area contributed by atoms with Gasteiger partial charge in [-0.05, 0) is 54.8 Å². The van der Waals surface area contributed by atoms with Gasteiger partial charge in [0.05, 0.1) is 0 Å². The van der Waals surface area contributed by atoms with Crippen LogP contribution in [0.1, 0.15) is 52.9 Å². The SMILES string of the molecule is CC12CC3CC(C1)CC(N)(C3)C2(C)C.O. The Morgan fingerprint density at radius 2 is 1.40 bits per heavy atom. The maximum absolute atomic E-state index is 6.68. The number of rotatable bonds is 0. The van der Waals surface area contributed by atoms with Gasteiger partial charge >= 0.3 is 0 Å². The summed E-state index contributed by atoms with van der Waals surface area (Å²) in [6.45, 7) is 7.33. The molecule has 2 heteroatoms. The zero-order chi connectivity index (χ0) is 10.2. The molecule has 0 heterocycles. The lowest BCUT2D eigenvalue weighted by molar-refractivity contribution is -0.163. The number of nitrogens with two attached hydrogens (primary N) is 1. The van der Waals surface area contributed by atoms with E-state index in [4.69, 9.17) is 5.73 Å². The summed E-state index contributed by atoms with van der Waals surface area (Å²) in [4.78, 5) is 0. The molecule has 2 unspecified atom stereocenters. The molecule has 0 aromatic heterocycles. The predicted octanol–water partition coefficient (Wildman–Crippen LogP) is 2.12. The van der Waals surface area contributed by atoms with Gasteiger partial charge in [-0.1, -0.05) is 20.8 Å². The molecule has 4 N–H and O–H groups in total. The van der Waals surface area contributed by atoms with E-state index in [9.17, 15) is 0 Å². The fourth-order valence-corrected chi connectivity index (χ4v) is 5.04. The van der Waals surface area contributed by atoms with Crippen molar-refractivity contribution in [3.63, 3.8) is 0 Å². The maximum Gasteiger partial charge on any atom is 0.0216 e. The summed E-state index contributed by atoms with van der Waals surface area (Å²) in [7, 11) is 0. The highest BCUT2D eigenvalue weighted by Gasteiger charge is 2.64. The largest absolute Gasteiger partial charge is 0.412 e. The van der Waals surface area contributed by atoms with Crippen LogP contribution in [0.3, 0.4) is 0 Å². The Kier molecular flexibility index (Phi) is 2.11. The van der Waals surface area contributed by atoms with Gasteiger partial charge < -0.3 is 11.2 Å². The van der Waals surface area contributed by atoms with E-state index in [2.05, 4.69) is 20.8 Å². The standard InChI is InChI=1S/C13H23N.H2O/c1-11(2)12(3)5-9-4-10(6-12)8-13(11,14)7-9;/h9-10H,4-8,14H2,1-3H3;1H2. The van der Waals surface area contributed by atoms with Crippen LogP contribution in [0.25, 0.3) is 0 Å². The average Bonchev–Trinajstić information content (AvgIpc) is 1.98. The molecule has 4 bridgehead atoms. The van der Waals surface area contributed by atoms with Gasteiger partial charge in [-0.3, -0.25) is 0 Å². The third-order valence-corrected chi connectivity index (χ3v) is 6.20. The van der Waals surface area contributed by atoms with Gasteiger partial charge in [0.25, 0.3) is 0 Å². The first-order valence-corrected chi connectivity index (χ1v) is 6.15. The van der Waals surface area contributed by atoms with Crippen molar-refractivity contribution < 1.29 is 5.48 Å². The van der Waals surface area contributed by atoms with E-state index < -0.39 is 0 Å². The predicted molar refractivity (Wildman–Crippen MR) is 62.5 cm³/mol. The molecular formula is C13H25NO. The van der Waals surface area contributed by atoms with Crippen LogP contribution in [0.4, 0.5) is 0 Å². The van der Waals surface area contributed by atoms with Gasteiger partial charge in [-0.15, -0.1) is 0 Å². The van der Waals surface area contributed by atoms with Crippen molar-refractivity contribution in [1.29, 1.82) is 0 Å². The van der Waals surface area contributed by atoms with Crippen LogP contribution in [0.15, 0.2) is 0 Å². The van der Waals surface area contributed by atoms with Crippen molar-refractivity contribution in [3.05, 3.63) is 0 Å². The van der Waals surface area contributed by atoms with Crippen molar-refractivity contribution in [2.75, 3.05) is 0 Å². The highest BCUT2D eigenvalue weighted by Crippen LogP contribution is 2.68. The Balaban J connectivity index is 0.000000853. The molecule has 0 aromatic rings. The quantitative estimate of drug-likeness (QED) is 0.655. The van der Waals surface area contributed by atoms with Crippen molar-refractivity contribution in [2.24, 2.45) is 28.4 Å². The minimum atomic E-state index is 0. The van der Waals surface area contributed by atoms with E-state index in [1.165, 1.54) is 32.1 Å². The molecule has 0 aromatic carbocycles. The zero-order valence-corrected chi connectivity index (χ0v) is 10.3. The van der Waals surface area contributed by atoms with E-state index in [-0.39, 0.29) is 11.0 Å². The molecule has 2 atom stereocenters. The van der Waals surface area contributed by atoms with Crippen LogP contribution >= 0.6 is 0 Å². The molecule has 4 saturated carbocycles. The summed E-state index contributed by atoms with van der Waals surface area (Å²) in [5.41, 5.74) is 7.73. The van der Waals surface area contributed by atoms with Gasteiger partial charge in [0.1, 0.15) is 0 Å². The van der Waals surface area contributed by atoms with Crippen molar-refractivity contribution in [3.8, 4) is 0 Å². The summed E-state index contributed by atoms with van der Waals surface area (Å²) in [5, 5.41) is 0. The van der Waals surface area contributed by atoms with Crippen molar-refractivity contribution in [1.82, 2.24) is 0 Å². The third-order valence-electron chi connectivity index (χ3n) is 6.20. The Hall–Kier alpha value is -0.0800. The molecule has 4 fully saturated rings. The minimum Gasteiger partial charge on any atom is -0.412 e. The average molecular weight is 211 g/mol. The van der Waals surface area contributed by atoms with Gasteiger partial charge in [0.15, 0.2) is 0 Å². The first-order chi connectivity index (χ1) is 6.36. The summed E-state index contributed by atoms with van der Waals surface area (Å²) >= 11 is 0. The van der Waals surface area contributed by atoms with E-state index in [0.717, 1.165) is 11.8 Å². The lowest BCUT2D eigenvalue weighted by Gasteiger charge is -2.69. The minimum absolute atomic E-state index is 0. The molecule has 4 aliphatic rings. The van der Waals surface area contributed by atoms with E-state index in [1.807, 2.05) is 0 Å². The first kappa shape index (κ1) is 11.4. The van der Waals surface area contributed by atoms with Crippen LogP contribution in [-0.4, -0.2) is 11.0 Å². The summed E-state index contributed by atoms with van der Waals surface area (Å²) in [6.07, 6.45) is 6.95. The molecule has 15 heavy (non-hydrogen) atoms. The van der Waals surface area contributed by atoms with Crippen LogP contribution in [-0.2, 0) is 0 Å². The highest BCUT2D eigenvalue weighted by atomic mass is 16.0. The van der Waals surface area contributed by atoms with Crippen molar-refractivity contribution in [2.45, 2.75) is 58.4 Å². The van der Waals surface area contributed by atoms with Gasteiger partial charge in [0, 0.05) is 5.54 Å². The Morgan fingerprint density at radius 1 is 0.933 bits per heavy atom. The van der Waals surface area contributed by atoms with Gasteiger partial charge in [-0.25, -0.2) is 0 Å². The lowest BCUT2D eigenvalue weighted by atomic mass is 9.38. The molecule has 88 valence electrons. The van der Waals surface area contributed by atoms with Crippen LogP contribution in [0.2, 0.25) is 0 Å². The number of hydrogen-bond donors (Lipinski definition) is 1. The molecule has 4 aliphatic carbocycles. The van der Waals surface area contributed by atoms with E-state index in [0.29, 0.717) is 10.8 Å². The Bertz CT molecular complexity index is 246. The molecule has 0 radical (unpaired) electrons. The van der Waals surface area contributed by atoms with Gasteiger partial charge in [0.2, 0.25) is 0 Å². The van der Waals surface area contributed by atoms with E-state index in [1.54, 1.807) is 0 Å². The smallest absolute Gasteiger partial charge is 0.0216 e. The van der Waals surface area contributed by atoms with Gasteiger partial charge in [-0.2, -0.15) is 0 Å². The molecule has 0 saturated heterocycles. The second kappa shape index (κ2) is 2.78. The zero-order valence-electron chi connectivity index (χ0n) is 10.3. The lowest BCUT2D eigenvalue weighted by Crippen LogP contribution is -2.70. The molecule has 0 spiro atoms. The fraction of sp³-hybridized carbons (Fsp3) is 1.00. The normalized spacial score (nSPS) is 55.2. The molecular weight excluding hydrogens is 186 g/mol. The molecule has 0 aliphatic heterocycles. The van der Waals surface area contributed by atoms with Crippen LogP contribution < -0.4 is 5.73 Å². The topological polar surface area (TPSA) is 57.5 Å². The second-order valence-electron chi connectivity index (χ2n) is 7.13. The maximum atomic E-state index is 6.68. The number of hydrogen-bond acceptors (Lipinski definition) is 1. The fourth-order valence-electron chi connectivity index (χ4n) is 5.04. The summed E-state index contributed by atoms with van der Waals surface area (Å²) in [6, 6.07) is 0.